The van der Waals surface area contributed by atoms with Crippen LogP contribution in [0.4, 0.5) is 11.4 Å². The van der Waals surface area contributed by atoms with E-state index in [-0.39, 0.29) is 5.91 Å². The molecule has 2 aliphatic rings. The van der Waals surface area contributed by atoms with Crippen LogP contribution in [0.2, 0.25) is 0 Å². The molecule has 0 aromatic heterocycles. The van der Waals surface area contributed by atoms with Gasteiger partial charge in [-0.05, 0) is 97.8 Å². The van der Waals surface area contributed by atoms with Crippen molar-refractivity contribution in [3.05, 3.63) is 60.6 Å². The van der Waals surface area contributed by atoms with Crippen molar-refractivity contribution in [3.63, 3.8) is 0 Å². The number of hydrogen-bond acceptors (Lipinski definition) is 2. The molecule has 0 saturated heterocycles. The lowest BCUT2D eigenvalue weighted by molar-refractivity contribution is 0.101. The maximum absolute atomic E-state index is 13.5. The first-order valence-electron chi connectivity index (χ1n) is 7.63. The molecule has 2 aliphatic heterocycles. The molecule has 0 N–H and O–H groups in total. The van der Waals surface area contributed by atoms with E-state index < -0.39 is 0 Å². The summed E-state index contributed by atoms with van der Waals surface area (Å²) in [4.78, 5) is 20.1. The summed E-state index contributed by atoms with van der Waals surface area (Å²) in [5.41, 5.74) is 2.91. The van der Waals surface area contributed by atoms with E-state index in [9.17, 15) is 4.79 Å². The van der Waals surface area contributed by atoms with Gasteiger partial charge < -0.3 is 0 Å². The van der Waals surface area contributed by atoms with Crippen LogP contribution < -0.4 is 4.90 Å². The third kappa shape index (κ3) is 2.64. The maximum Gasteiger partial charge on any atom is 0.266 e. The fraction of sp³-hybridized carbons (Fsp3) is 0. The minimum absolute atomic E-state index is 0.129. The third-order valence-corrected chi connectivity index (χ3v) is 11.1. The quantitative estimate of drug-likeness (QED) is 0.165. The molecule has 140 valence electrons. The molecule has 1 amide bonds. The Hall–Kier alpha value is 0.420. The van der Waals surface area contributed by atoms with Crippen LogP contribution in [0.1, 0.15) is 15.9 Å². The molecule has 0 saturated carbocycles. The number of amides is 1. The molecule has 0 bridgehead atoms. The number of fused-ring (bicyclic) bond motifs is 4. The SMILES string of the molecule is O=C1c2c(Br)c(Br)c(Br)c(Br)c2C2=Nc3c(Br)cc(Br)c4cc(Br)cc(c34)N12. The van der Waals surface area contributed by atoms with Crippen molar-refractivity contribution in [2.75, 3.05) is 4.90 Å². The summed E-state index contributed by atoms with van der Waals surface area (Å²) in [6, 6.07) is 5.95. The molecule has 0 unspecified atom stereocenters. The van der Waals surface area contributed by atoms with Crippen LogP contribution >= 0.6 is 112 Å². The Labute approximate surface area is 218 Å². The average Bonchev–Trinajstić information content (AvgIpc) is 2.95. The van der Waals surface area contributed by atoms with E-state index in [4.69, 9.17) is 4.99 Å². The number of anilines is 1. The van der Waals surface area contributed by atoms with Crippen molar-refractivity contribution in [1.29, 1.82) is 0 Å². The number of rotatable bonds is 0. The molecule has 3 nitrogen and oxygen atoms in total. The van der Waals surface area contributed by atoms with Crippen molar-refractivity contribution in [2.45, 2.75) is 0 Å². The van der Waals surface area contributed by atoms with Gasteiger partial charge in [-0.2, -0.15) is 0 Å². The number of hydrogen-bond donors (Lipinski definition) is 0. The molecule has 5 rings (SSSR count). The average molecular weight is 823 g/mol. The van der Waals surface area contributed by atoms with E-state index in [0.29, 0.717) is 15.9 Å². The molecule has 3 aromatic carbocycles. The zero-order valence-corrected chi connectivity index (χ0v) is 24.3. The Bertz CT molecular complexity index is 1320. The lowest BCUT2D eigenvalue weighted by Gasteiger charge is -2.26. The molecule has 0 atom stereocenters. The molecular weight excluding hydrogens is 820 g/mol. The molecule has 0 fully saturated rings. The molecule has 2 heterocycles. The second kappa shape index (κ2) is 6.97. The number of carbonyl (C=O) groups is 1. The van der Waals surface area contributed by atoms with Gasteiger partial charge in [-0.3, -0.25) is 9.69 Å². The normalized spacial score (nSPS) is 14.5. The van der Waals surface area contributed by atoms with Gasteiger partial charge in [-0.25, -0.2) is 4.99 Å². The lowest BCUT2D eigenvalue weighted by Crippen LogP contribution is -2.32. The van der Waals surface area contributed by atoms with Gasteiger partial charge in [-0.15, -0.1) is 0 Å². The van der Waals surface area contributed by atoms with E-state index in [1.54, 1.807) is 4.90 Å². The minimum atomic E-state index is -0.129. The highest BCUT2D eigenvalue weighted by molar-refractivity contribution is 9.15. The Kier molecular flexibility index (Phi) is 5.06. The number of aliphatic imine (C=N–C) groups is 1. The summed E-state index contributed by atoms with van der Waals surface area (Å²) in [5, 5.41) is 1.90. The first kappa shape index (κ1) is 20.3. The summed E-state index contributed by atoms with van der Waals surface area (Å²) in [6.45, 7) is 0. The fourth-order valence-electron chi connectivity index (χ4n) is 3.49. The van der Waals surface area contributed by atoms with Gasteiger partial charge in [-0.1, -0.05) is 31.9 Å². The van der Waals surface area contributed by atoms with Crippen LogP contribution in [0.5, 0.6) is 0 Å². The van der Waals surface area contributed by atoms with Crippen LogP contribution in [0, 0.1) is 0 Å². The number of amidine groups is 1. The van der Waals surface area contributed by atoms with Crippen molar-refractivity contribution in [3.8, 4) is 0 Å². The van der Waals surface area contributed by atoms with Crippen LogP contribution in [0.15, 0.2) is 54.5 Å². The first-order chi connectivity index (χ1) is 13.2. The topological polar surface area (TPSA) is 32.7 Å². The summed E-state index contributed by atoms with van der Waals surface area (Å²) in [7, 11) is 0. The van der Waals surface area contributed by atoms with E-state index >= 15 is 0 Å². The maximum atomic E-state index is 13.5. The first-order valence-corrected chi connectivity index (χ1v) is 13.2. The van der Waals surface area contributed by atoms with Crippen molar-refractivity contribution in [2.24, 2.45) is 4.99 Å². The van der Waals surface area contributed by atoms with Gasteiger partial charge in [0.05, 0.1) is 16.9 Å². The Balaban J connectivity index is 1.97. The van der Waals surface area contributed by atoms with Gasteiger partial charge in [0.2, 0.25) is 0 Å². The Morgan fingerprint density at radius 3 is 2.07 bits per heavy atom. The van der Waals surface area contributed by atoms with Gasteiger partial charge in [0.25, 0.3) is 5.91 Å². The van der Waals surface area contributed by atoms with Gasteiger partial charge >= 0.3 is 0 Å². The summed E-state index contributed by atoms with van der Waals surface area (Å²) < 4.78 is 5.72. The summed E-state index contributed by atoms with van der Waals surface area (Å²) in [6.07, 6.45) is 0. The predicted molar refractivity (Wildman–Crippen MR) is 137 cm³/mol. The number of halogens is 7. The molecule has 10 heteroatoms. The van der Waals surface area contributed by atoms with E-state index in [0.717, 1.165) is 54.5 Å². The Morgan fingerprint density at radius 1 is 0.750 bits per heavy atom. The zero-order valence-electron chi connectivity index (χ0n) is 13.2. The smallest absolute Gasteiger partial charge is 0.266 e. The molecule has 0 radical (unpaired) electrons. The van der Waals surface area contributed by atoms with E-state index in [1.165, 1.54) is 0 Å². The number of benzene rings is 3. The van der Waals surface area contributed by atoms with E-state index in [2.05, 4.69) is 112 Å². The highest BCUT2D eigenvalue weighted by Crippen LogP contribution is 2.52. The Morgan fingerprint density at radius 2 is 1.39 bits per heavy atom. The summed E-state index contributed by atoms with van der Waals surface area (Å²) >= 11 is 25.2. The van der Waals surface area contributed by atoms with Crippen molar-refractivity contribution >= 4 is 145 Å². The van der Waals surface area contributed by atoms with Crippen LogP contribution in [0.25, 0.3) is 10.8 Å². The van der Waals surface area contributed by atoms with Gasteiger partial charge in [0.15, 0.2) is 0 Å². The number of carbonyl (C=O) groups excluding carboxylic acids is 1. The predicted octanol–water partition coefficient (Wildman–Crippen LogP) is 9.23. The molecular formula is C18H3Br7N2O. The van der Waals surface area contributed by atoms with Crippen LogP contribution in [-0.2, 0) is 0 Å². The molecule has 28 heavy (non-hydrogen) atoms. The second-order valence-electron chi connectivity index (χ2n) is 6.12. The highest BCUT2D eigenvalue weighted by Gasteiger charge is 2.43. The standard InChI is InChI=1S/C18H3Br7N2O/c19-4-1-5-6(20)3-7(21)16-9(5)8(2-4)27-17(26-16)10-11(18(27)28)13(23)15(25)14(24)12(10)22/h1-3H. The number of nitrogens with zero attached hydrogens (tertiary/aromatic N) is 2. The van der Waals surface area contributed by atoms with Gasteiger partial charge in [0, 0.05) is 47.6 Å². The fourth-order valence-corrected chi connectivity index (χ4v) is 7.77. The van der Waals surface area contributed by atoms with Gasteiger partial charge in [0.1, 0.15) is 5.84 Å². The second-order valence-corrected chi connectivity index (χ2v) is 11.9. The lowest BCUT2D eigenvalue weighted by atomic mass is 10.0. The minimum Gasteiger partial charge on any atom is -0.268 e. The monoisotopic (exact) mass is 815 g/mol. The zero-order chi connectivity index (χ0) is 20.1. The van der Waals surface area contributed by atoms with E-state index in [1.807, 2.05) is 18.2 Å². The largest absolute Gasteiger partial charge is 0.268 e. The molecule has 3 aromatic rings. The van der Waals surface area contributed by atoms with Crippen LogP contribution in [0.3, 0.4) is 0 Å². The third-order valence-electron chi connectivity index (χ3n) is 4.63. The summed E-state index contributed by atoms with van der Waals surface area (Å²) in [5.74, 6) is 0.464. The highest BCUT2D eigenvalue weighted by atomic mass is 79.9. The van der Waals surface area contributed by atoms with Crippen molar-refractivity contribution < 1.29 is 4.79 Å². The van der Waals surface area contributed by atoms with Crippen molar-refractivity contribution in [1.82, 2.24) is 0 Å². The molecule has 0 spiro atoms. The molecule has 0 aliphatic carbocycles. The van der Waals surface area contributed by atoms with Crippen LogP contribution in [-0.4, -0.2) is 11.7 Å².